The lowest BCUT2D eigenvalue weighted by Crippen LogP contribution is -2.45. The topological polar surface area (TPSA) is 47.6 Å². The molecule has 3 atom stereocenters. The Kier molecular flexibility index (Phi) is 3.99. The van der Waals surface area contributed by atoms with Gasteiger partial charge >= 0.3 is 0 Å². The van der Waals surface area contributed by atoms with Crippen LogP contribution < -0.4 is 5.32 Å². The van der Waals surface area contributed by atoms with Gasteiger partial charge in [0.15, 0.2) is 0 Å². The van der Waals surface area contributed by atoms with Gasteiger partial charge in [-0.25, -0.2) is 0 Å². The highest BCUT2D eigenvalue weighted by Crippen LogP contribution is 2.17. The average molecular weight is 278 g/mol. The number of hydrogen-bond acceptors (Lipinski definition) is 3. The van der Waals surface area contributed by atoms with Crippen LogP contribution in [0.3, 0.4) is 0 Å². The largest absolute Gasteiger partial charge is 0.381 e. The van der Waals surface area contributed by atoms with Crippen LogP contribution in [0, 0.1) is 5.92 Å². The number of amides is 1. The standard InChI is InChI=1S/C10H16BrNO3/c11-8-5-15-6-9(8)12-10(13)7-2-1-3-14-4-7/h7-9H,1-6H2,(H,12,13). The first kappa shape index (κ1) is 11.4. The third-order valence-electron chi connectivity index (χ3n) is 2.87. The van der Waals surface area contributed by atoms with E-state index in [1.54, 1.807) is 0 Å². The molecule has 2 fully saturated rings. The molecular weight excluding hydrogens is 262 g/mol. The van der Waals surface area contributed by atoms with E-state index >= 15 is 0 Å². The van der Waals surface area contributed by atoms with E-state index in [0.717, 1.165) is 19.4 Å². The summed E-state index contributed by atoms with van der Waals surface area (Å²) in [5, 5.41) is 3.01. The number of rotatable bonds is 2. The predicted molar refractivity (Wildman–Crippen MR) is 59.0 cm³/mol. The quantitative estimate of drug-likeness (QED) is 0.756. The first-order chi connectivity index (χ1) is 7.27. The van der Waals surface area contributed by atoms with E-state index in [1.807, 2.05) is 0 Å². The predicted octanol–water partition coefficient (Wildman–Crippen LogP) is 0.692. The Balaban J connectivity index is 1.80. The van der Waals surface area contributed by atoms with Crippen molar-refractivity contribution in [3.8, 4) is 0 Å². The Morgan fingerprint density at radius 1 is 1.27 bits per heavy atom. The SMILES string of the molecule is O=C(NC1COCC1Br)C1CCCOC1. The number of carbonyl (C=O) groups is 1. The maximum atomic E-state index is 11.8. The van der Waals surface area contributed by atoms with Crippen molar-refractivity contribution in [3.05, 3.63) is 0 Å². The van der Waals surface area contributed by atoms with Crippen molar-refractivity contribution in [2.45, 2.75) is 23.7 Å². The summed E-state index contributed by atoms with van der Waals surface area (Å²) in [6.07, 6.45) is 1.92. The highest BCUT2D eigenvalue weighted by Gasteiger charge is 2.30. The Labute approximate surface area is 97.8 Å². The maximum absolute atomic E-state index is 11.8. The molecule has 0 aromatic carbocycles. The Morgan fingerprint density at radius 3 is 2.73 bits per heavy atom. The van der Waals surface area contributed by atoms with Crippen LogP contribution in [0.1, 0.15) is 12.8 Å². The van der Waals surface area contributed by atoms with E-state index in [0.29, 0.717) is 19.8 Å². The van der Waals surface area contributed by atoms with Crippen LogP contribution in [0.25, 0.3) is 0 Å². The second-order valence-electron chi connectivity index (χ2n) is 4.08. The number of alkyl halides is 1. The molecule has 0 radical (unpaired) electrons. The molecule has 0 aliphatic carbocycles. The minimum atomic E-state index is 0.0269. The van der Waals surface area contributed by atoms with Gasteiger partial charge in [-0.1, -0.05) is 15.9 Å². The average Bonchev–Trinajstić information content (AvgIpc) is 2.66. The lowest BCUT2D eigenvalue weighted by atomic mass is 10.0. The Bertz CT molecular complexity index is 231. The molecule has 0 bridgehead atoms. The number of hydrogen-bond donors (Lipinski definition) is 1. The third-order valence-corrected chi connectivity index (χ3v) is 3.77. The van der Waals surface area contributed by atoms with E-state index < -0.39 is 0 Å². The minimum absolute atomic E-state index is 0.0269. The third kappa shape index (κ3) is 2.92. The van der Waals surface area contributed by atoms with Gasteiger partial charge in [-0.2, -0.15) is 0 Å². The zero-order valence-corrected chi connectivity index (χ0v) is 10.2. The molecule has 0 saturated carbocycles. The van der Waals surface area contributed by atoms with Crippen molar-refractivity contribution < 1.29 is 14.3 Å². The molecule has 0 aromatic rings. The zero-order chi connectivity index (χ0) is 10.7. The van der Waals surface area contributed by atoms with Gasteiger partial charge in [-0.15, -0.1) is 0 Å². The Hall–Kier alpha value is -0.130. The number of carbonyl (C=O) groups excluding carboxylic acids is 1. The van der Waals surface area contributed by atoms with Gasteiger partial charge in [-0.05, 0) is 12.8 Å². The number of nitrogens with one attached hydrogen (secondary N) is 1. The summed E-state index contributed by atoms with van der Waals surface area (Å²) in [4.78, 5) is 12.1. The monoisotopic (exact) mass is 277 g/mol. The second kappa shape index (κ2) is 5.27. The van der Waals surface area contributed by atoms with E-state index in [-0.39, 0.29) is 22.7 Å². The van der Waals surface area contributed by atoms with Crippen molar-refractivity contribution in [2.75, 3.05) is 26.4 Å². The fourth-order valence-corrected chi connectivity index (χ4v) is 2.38. The van der Waals surface area contributed by atoms with Gasteiger partial charge in [0.05, 0.1) is 36.6 Å². The molecule has 0 aromatic heterocycles. The summed E-state index contributed by atoms with van der Waals surface area (Å²) in [7, 11) is 0. The van der Waals surface area contributed by atoms with Gasteiger partial charge in [0.25, 0.3) is 0 Å². The van der Waals surface area contributed by atoms with E-state index in [1.165, 1.54) is 0 Å². The van der Waals surface area contributed by atoms with E-state index in [2.05, 4.69) is 21.2 Å². The number of halogens is 1. The van der Waals surface area contributed by atoms with Crippen LogP contribution in [0.15, 0.2) is 0 Å². The molecule has 86 valence electrons. The number of ether oxygens (including phenoxy) is 2. The molecule has 1 N–H and O–H groups in total. The molecule has 4 nitrogen and oxygen atoms in total. The molecular formula is C10H16BrNO3. The second-order valence-corrected chi connectivity index (χ2v) is 5.26. The van der Waals surface area contributed by atoms with Crippen LogP contribution in [0.4, 0.5) is 0 Å². The normalized spacial score (nSPS) is 36.5. The summed E-state index contributed by atoms with van der Waals surface area (Å²) < 4.78 is 10.6. The van der Waals surface area contributed by atoms with Crippen LogP contribution in [-0.4, -0.2) is 43.2 Å². The molecule has 15 heavy (non-hydrogen) atoms. The summed E-state index contributed by atoms with van der Waals surface area (Å²) >= 11 is 3.49. The first-order valence-electron chi connectivity index (χ1n) is 5.37. The highest BCUT2D eigenvalue weighted by molar-refractivity contribution is 9.09. The van der Waals surface area contributed by atoms with Gasteiger partial charge < -0.3 is 14.8 Å². The highest BCUT2D eigenvalue weighted by atomic mass is 79.9. The van der Waals surface area contributed by atoms with Gasteiger partial charge in [-0.3, -0.25) is 4.79 Å². The summed E-state index contributed by atoms with van der Waals surface area (Å²) in [6.45, 7) is 2.63. The Morgan fingerprint density at radius 2 is 2.13 bits per heavy atom. The lowest BCUT2D eigenvalue weighted by molar-refractivity contribution is -0.129. The first-order valence-corrected chi connectivity index (χ1v) is 6.29. The molecule has 5 heteroatoms. The summed E-state index contributed by atoms with van der Waals surface area (Å²) in [5.41, 5.74) is 0. The van der Waals surface area contributed by atoms with Crippen molar-refractivity contribution >= 4 is 21.8 Å². The van der Waals surface area contributed by atoms with Crippen molar-refractivity contribution in [2.24, 2.45) is 5.92 Å². The minimum Gasteiger partial charge on any atom is -0.381 e. The molecule has 2 rings (SSSR count). The summed E-state index contributed by atoms with van der Waals surface area (Å²) in [5.74, 6) is 0.133. The molecule has 2 heterocycles. The van der Waals surface area contributed by atoms with Crippen LogP contribution in [0.5, 0.6) is 0 Å². The molecule has 1 amide bonds. The van der Waals surface area contributed by atoms with Crippen LogP contribution in [-0.2, 0) is 14.3 Å². The van der Waals surface area contributed by atoms with Crippen molar-refractivity contribution in [3.63, 3.8) is 0 Å². The molecule has 2 saturated heterocycles. The molecule has 3 unspecified atom stereocenters. The smallest absolute Gasteiger partial charge is 0.225 e. The molecule has 2 aliphatic heterocycles. The zero-order valence-electron chi connectivity index (χ0n) is 8.58. The fraction of sp³-hybridized carbons (Fsp3) is 0.900. The maximum Gasteiger partial charge on any atom is 0.225 e. The van der Waals surface area contributed by atoms with Crippen molar-refractivity contribution in [1.82, 2.24) is 5.32 Å². The molecule has 2 aliphatic rings. The van der Waals surface area contributed by atoms with Crippen LogP contribution in [0.2, 0.25) is 0 Å². The van der Waals surface area contributed by atoms with Gasteiger partial charge in [0.1, 0.15) is 0 Å². The van der Waals surface area contributed by atoms with Gasteiger partial charge in [0.2, 0.25) is 5.91 Å². The van der Waals surface area contributed by atoms with E-state index in [9.17, 15) is 4.79 Å². The van der Waals surface area contributed by atoms with Gasteiger partial charge in [0, 0.05) is 6.61 Å². The lowest BCUT2D eigenvalue weighted by Gasteiger charge is -2.23. The van der Waals surface area contributed by atoms with Crippen molar-refractivity contribution in [1.29, 1.82) is 0 Å². The fourth-order valence-electron chi connectivity index (χ4n) is 1.91. The van der Waals surface area contributed by atoms with E-state index in [4.69, 9.17) is 9.47 Å². The van der Waals surface area contributed by atoms with Crippen LogP contribution >= 0.6 is 15.9 Å². The molecule has 0 spiro atoms. The summed E-state index contributed by atoms with van der Waals surface area (Å²) in [6, 6.07) is 0.111.